The zero-order valence-corrected chi connectivity index (χ0v) is 10.7. The molecule has 1 saturated heterocycles. The molecule has 0 bridgehead atoms. The lowest BCUT2D eigenvalue weighted by Gasteiger charge is -2.17. The average molecular weight is 253 g/mol. The lowest BCUT2D eigenvalue weighted by molar-refractivity contribution is -0.137. The maximum Gasteiger partial charge on any atom is 0.213 e. The van der Waals surface area contributed by atoms with Crippen molar-refractivity contribution in [1.82, 2.24) is 4.72 Å². The van der Waals surface area contributed by atoms with Crippen LogP contribution in [-0.2, 0) is 24.2 Å². The van der Waals surface area contributed by atoms with Gasteiger partial charge < -0.3 is 14.2 Å². The highest BCUT2D eigenvalue weighted by Crippen LogP contribution is 2.21. The third-order valence-corrected chi connectivity index (χ3v) is 3.47. The number of sulfonamides is 1. The number of nitrogens with one attached hydrogen (secondary N) is 1. The molecule has 0 saturated carbocycles. The second-order valence-corrected chi connectivity index (χ2v) is 6.04. The van der Waals surface area contributed by atoms with E-state index in [1.165, 1.54) is 7.11 Å². The fraction of sp³-hybridized carbons (Fsp3) is 1.00. The van der Waals surface area contributed by atoms with E-state index < -0.39 is 15.8 Å². The summed E-state index contributed by atoms with van der Waals surface area (Å²) >= 11 is 0. The molecule has 0 spiro atoms. The second-order valence-electron chi connectivity index (χ2n) is 4.11. The smallest absolute Gasteiger partial charge is 0.213 e. The molecule has 1 heterocycles. The molecule has 0 aromatic heterocycles. The maximum atomic E-state index is 11.4. The van der Waals surface area contributed by atoms with E-state index in [4.69, 9.17) is 14.2 Å². The molecule has 0 aliphatic carbocycles. The van der Waals surface area contributed by atoms with E-state index in [9.17, 15) is 8.42 Å². The molecule has 1 fully saturated rings. The lowest BCUT2D eigenvalue weighted by Crippen LogP contribution is -2.36. The second kappa shape index (κ2) is 5.42. The SMILES string of the molecule is COCCS(=O)(=O)NCC1COC(C)(C)O1. The molecule has 0 aromatic carbocycles. The summed E-state index contributed by atoms with van der Waals surface area (Å²) in [7, 11) is -1.81. The summed E-state index contributed by atoms with van der Waals surface area (Å²) in [6.45, 7) is 4.41. The van der Waals surface area contributed by atoms with Crippen molar-refractivity contribution in [2.24, 2.45) is 0 Å². The summed E-state index contributed by atoms with van der Waals surface area (Å²) in [6, 6.07) is 0. The van der Waals surface area contributed by atoms with Gasteiger partial charge >= 0.3 is 0 Å². The van der Waals surface area contributed by atoms with Gasteiger partial charge in [-0.05, 0) is 13.8 Å². The molecule has 0 radical (unpaired) electrons. The zero-order chi connectivity index (χ0) is 12.2. The summed E-state index contributed by atoms with van der Waals surface area (Å²) in [5.41, 5.74) is 0. The van der Waals surface area contributed by atoms with Crippen molar-refractivity contribution in [3.8, 4) is 0 Å². The van der Waals surface area contributed by atoms with Gasteiger partial charge in [0.15, 0.2) is 5.79 Å². The predicted molar refractivity (Wildman–Crippen MR) is 58.6 cm³/mol. The van der Waals surface area contributed by atoms with Crippen LogP contribution < -0.4 is 4.72 Å². The fourth-order valence-corrected chi connectivity index (χ4v) is 2.32. The highest BCUT2D eigenvalue weighted by Gasteiger charge is 2.32. The Kier molecular flexibility index (Phi) is 4.69. The van der Waals surface area contributed by atoms with Crippen molar-refractivity contribution in [3.05, 3.63) is 0 Å². The van der Waals surface area contributed by atoms with Gasteiger partial charge in [-0.25, -0.2) is 13.1 Å². The Hall–Kier alpha value is -0.210. The topological polar surface area (TPSA) is 73.9 Å². The van der Waals surface area contributed by atoms with E-state index in [0.29, 0.717) is 6.61 Å². The molecule has 1 atom stereocenters. The molecule has 7 heteroatoms. The summed E-state index contributed by atoms with van der Waals surface area (Å²) in [5.74, 6) is -0.664. The van der Waals surface area contributed by atoms with Gasteiger partial charge in [-0.15, -0.1) is 0 Å². The molecule has 1 N–H and O–H groups in total. The average Bonchev–Trinajstić information content (AvgIpc) is 2.53. The van der Waals surface area contributed by atoms with Crippen LogP contribution in [0.4, 0.5) is 0 Å². The molecule has 1 rings (SSSR count). The Morgan fingerprint density at radius 1 is 1.50 bits per heavy atom. The third-order valence-electron chi connectivity index (χ3n) is 2.15. The van der Waals surface area contributed by atoms with E-state index in [1.54, 1.807) is 13.8 Å². The van der Waals surface area contributed by atoms with Crippen LogP contribution in [0.2, 0.25) is 0 Å². The van der Waals surface area contributed by atoms with Gasteiger partial charge in [0.05, 0.1) is 25.1 Å². The van der Waals surface area contributed by atoms with E-state index in [1.807, 2.05) is 0 Å². The third kappa shape index (κ3) is 4.75. The van der Waals surface area contributed by atoms with Gasteiger partial charge in [0.2, 0.25) is 10.0 Å². The maximum absolute atomic E-state index is 11.4. The van der Waals surface area contributed by atoms with Crippen LogP contribution in [0, 0.1) is 0 Å². The molecule has 1 aliphatic heterocycles. The molecule has 0 amide bonds. The van der Waals surface area contributed by atoms with Crippen LogP contribution in [0.15, 0.2) is 0 Å². The Balaban J connectivity index is 2.30. The van der Waals surface area contributed by atoms with E-state index in [2.05, 4.69) is 4.72 Å². The fourth-order valence-electron chi connectivity index (χ4n) is 1.35. The predicted octanol–water partition coefficient (Wildman–Crippen LogP) is -0.296. The summed E-state index contributed by atoms with van der Waals surface area (Å²) in [4.78, 5) is 0. The first kappa shape index (κ1) is 13.9. The summed E-state index contributed by atoms with van der Waals surface area (Å²) in [5, 5.41) is 0. The highest BCUT2D eigenvalue weighted by molar-refractivity contribution is 7.89. The lowest BCUT2D eigenvalue weighted by atomic mass is 10.4. The van der Waals surface area contributed by atoms with Crippen LogP contribution in [0.5, 0.6) is 0 Å². The van der Waals surface area contributed by atoms with Crippen molar-refractivity contribution in [1.29, 1.82) is 0 Å². The largest absolute Gasteiger partial charge is 0.384 e. The molecule has 1 unspecified atom stereocenters. The van der Waals surface area contributed by atoms with Crippen molar-refractivity contribution in [2.75, 3.05) is 32.6 Å². The van der Waals surface area contributed by atoms with Crippen molar-refractivity contribution >= 4 is 10.0 Å². The highest BCUT2D eigenvalue weighted by atomic mass is 32.2. The van der Waals surface area contributed by atoms with E-state index in [-0.39, 0.29) is 25.0 Å². The Labute approximate surface area is 96.3 Å². The monoisotopic (exact) mass is 253 g/mol. The molecule has 6 nitrogen and oxygen atoms in total. The van der Waals surface area contributed by atoms with Crippen LogP contribution >= 0.6 is 0 Å². The van der Waals surface area contributed by atoms with Gasteiger partial charge in [0.1, 0.15) is 0 Å². The Bertz CT molecular complexity index is 314. The molecule has 1 aliphatic rings. The first-order valence-corrected chi connectivity index (χ1v) is 6.78. The Morgan fingerprint density at radius 3 is 2.69 bits per heavy atom. The Morgan fingerprint density at radius 2 is 2.19 bits per heavy atom. The molecular weight excluding hydrogens is 234 g/mol. The van der Waals surface area contributed by atoms with Gasteiger partial charge in [0, 0.05) is 13.7 Å². The number of methoxy groups -OCH3 is 1. The molecule has 96 valence electrons. The van der Waals surface area contributed by atoms with Gasteiger partial charge in [-0.3, -0.25) is 0 Å². The zero-order valence-electron chi connectivity index (χ0n) is 9.86. The number of hydrogen-bond acceptors (Lipinski definition) is 5. The quantitative estimate of drug-likeness (QED) is 0.703. The van der Waals surface area contributed by atoms with Crippen LogP contribution in [0.1, 0.15) is 13.8 Å². The standard InChI is InChI=1S/C9H19NO5S/c1-9(2)14-7-8(15-9)6-10-16(11,12)5-4-13-3/h8,10H,4-7H2,1-3H3. The summed E-state index contributed by atoms with van der Waals surface area (Å²) < 4.78 is 40.8. The van der Waals surface area contributed by atoms with Crippen LogP contribution in [0.25, 0.3) is 0 Å². The van der Waals surface area contributed by atoms with Gasteiger partial charge in [0.25, 0.3) is 0 Å². The first-order valence-electron chi connectivity index (χ1n) is 5.13. The first-order chi connectivity index (χ1) is 7.35. The minimum atomic E-state index is -3.28. The van der Waals surface area contributed by atoms with Crippen molar-refractivity contribution in [2.45, 2.75) is 25.7 Å². The molecule has 0 aromatic rings. The van der Waals surface area contributed by atoms with Gasteiger partial charge in [-0.1, -0.05) is 0 Å². The number of rotatable bonds is 6. The normalized spacial score (nSPS) is 24.8. The van der Waals surface area contributed by atoms with Crippen molar-refractivity contribution < 1.29 is 22.6 Å². The number of hydrogen-bond donors (Lipinski definition) is 1. The van der Waals surface area contributed by atoms with Gasteiger partial charge in [-0.2, -0.15) is 0 Å². The minimum Gasteiger partial charge on any atom is -0.384 e. The number of ether oxygens (including phenoxy) is 3. The van der Waals surface area contributed by atoms with E-state index in [0.717, 1.165) is 0 Å². The van der Waals surface area contributed by atoms with E-state index >= 15 is 0 Å². The van der Waals surface area contributed by atoms with Crippen molar-refractivity contribution in [3.63, 3.8) is 0 Å². The molecule has 16 heavy (non-hydrogen) atoms. The summed E-state index contributed by atoms with van der Waals surface area (Å²) in [6.07, 6.45) is -0.229. The minimum absolute atomic E-state index is 0.0412. The van der Waals surface area contributed by atoms with Crippen LogP contribution in [-0.4, -0.2) is 52.9 Å². The molecular formula is C9H19NO5S. The van der Waals surface area contributed by atoms with Crippen LogP contribution in [0.3, 0.4) is 0 Å².